The van der Waals surface area contributed by atoms with Gasteiger partial charge in [-0.25, -0.2) is 0 Å². The Bertz CT molecular complexity index is 3430. The Morgan fingerprint density at radius 1 is 0.206 bits per heavy atom. The fraction of sp³-hybridized carbons (Fsp3) is 0.0323. The van der Waals surface area contributed by atoms with E-state index in [9.17, 15) is 0 Å². The molecule has 0 aliphatic heterocycles. The van der Waals surface area contributed by atoms with Crippen molar-refractivity contribution < 1.29 is 0 Å². The number of hydrogen-bond acceptors (Lipinski definition) is 1. The topological polar surface area (TPSA) is 3.24 Å². The molecule has 10 aromatic rings. The van der Waals surface area contributed by atoms with Crippen molar-refractivity contribution in [2.24, 2.45) is 0 Å². The number of anilines is 3. The second-order valence-electron chi connectivity index (χ2n) is 17.5. The summed E-state index contributed by atoms with van der Waals surface area (Å²) < 4.78 is 0. The van der Waals surface area contributed by atoms with Gasteiger partial charge in [-0.2, -0.15) is 0 Å². The van der Waals surface area contributed by atoms with Crippen LogP contribution >= 0.6 is 0 Å². The molecule has 0 radical (unpaired) electrons. The van der Waals surface area contributed by atoms with Crippen LogP contribution in [0, 0.1) is 0 Å². The van der Waals surface area contributed by atoms with Crippen LogP contribution in [0.2, 0.25) is 0 Å². The average molecular weight is 798 g/mol. The quantitative estimate of drug-likeness (QED) is 0.171. The molecule has 0 atom stereocenters. The molecular weight excluding hydrogens is 759 g/mol. The number of rotatable bonds is 4. The molecule has 0 bridgehead atoms. The van der Waals surface area contributed by atoms with Crippen molar-refractivity contribution in [1.82, 2.24) is 0 Å². The molecule has 63 heavy (non-hydrogen) atoms. The maximum atomic E-state index is 2.51. The lowest BCUT2D eigenvalue weighted by molar-refractivity contribution is 0.793. The molecule has 4 aliphatic carbocycles. The van der Waals surface area contributed by atoms with Gasteiger partial charge in [-0.3, -0.25) is 0 Å². The number of hydrogen-bond donors (Lipinski definition) is 0. The van der Waals surface area contributed by atoms with E-state index in [1.807, 2.05) is 0 Å². The first-order chi connectivity index (χ1) is 31.3. The van der Waals surface area contributed by atoms with Crippen molar-refractivity contribution in [3.63, 3.8) is 0 Å². The van der Waals surface area contributed by atoms with Crippen LogP contribution in [0.3, 0.4) is 0 Å². The summed E-state index contributed by atoms with van der Waals surface area (Å²) in [5.74, 6) is 0. The van der Waals surface area contributed by atoms with Crippen molar-refractivity contribution >= 4 is 17.1 Å². The van der Waals surface area contributed by atoms with E-state index in [0.717, 1.165) is 17.1 Å². The molecule has 1 nitrogen and oxygen atoms in total. The highest BCUT2D eigenvalue weighted by atomic mass is 15.1. The molecule has 0 N–H and O–H groups in total. The summed E-state index contributed by atoms with van der Waals surface area (Å²) in [6.45, 7) is 0. The number of fused-ring (bicyclic) bond motifs is 20. The van der Waals surface area contributed by atoms with E-state index in [1.165, 1.54) is 100 Å². The van der Waals surface area contributed by atoms with Crippen molar-refractivity contribution in [1.29, 1.82) is 0 Å². The van der Waals surface area contributed by atoms with Gasteiger partial charge in [0.2, 0.25) is 0 Å². The zero-order chi connectivity index (χ0) is 41.3. The highest BCUT2D eigenvalue weighted by molar-refractivity contribution is 5.99. The molecule has 0 unspecified atom stereocenters. The zero-order valence-corrected chi connectivity index (χ0v) is 34.5. The summed E-state index contributed by atoms with van der Waals surface area (Å²) in [7, 11) is 0. The van der Waals surface area contributed by atoms with Gasteiger partial charge >= 0.3 is 0 Å². The summed E-state index contributed by atoms with van der Waals surface area (Å²) in [4.78, 5) is 2.50. The van der Waals surface area contributed by atoms with Gasteiger partial charge in [0.05, 0.1) is 10.8 Å². The van der Waals surface area contributed by atoms with Crippen molar-refractivity contribution in [2.45, 2.75) is 10.8 Å². The molecule has 0 saturated carbocycles. The summed E-state index contributed by atoms with van der Waals surface area (Å²) >= 11 is 0. The van der Waals surface area contributed by atoms with Crippen molar-refractivity contribution in [3.05, 3.63) is 281 Å². The Kier molecular flexibility index (Phi) is 7.03. The van der Waals surface area contributed by atoms with Crippen molar-refractivity contribution in [3.8, 4) is 55.6 Å². The van der Waals surface area contributed by atoms with E-state index >= 15 is 0 Å². The lowest BCUT2D eigenvalue weighted by Gasteiger charge is -2.33. The minimum absolute atomic E-state index is 0.398. The minimum atomic E-state index is -0.445. The van der Waals surface area contributed by atoms with E-state index in [1.54, 1.807) is 0 Å². The Morgan fingerprint density at radius 3 is 1.06 bits per heavy atom. The van der Waals surface area contributed by atoms with Crippen LogP contribution in [0.4, 0.5) is 17.1 Å². The maximum absolute atomic E-state index is 2.51. The third-order valence-electron chi connectivity index (χ3n) is 14.7. The van der Waals surface area contributed by atoms with Gasteiger partial charge in [0, 0.05) is 17.1 Å². The molecule has 1 heteroatoms. The standard InChI is InChI=1S/C62H39N/c1-2-17-40(18-3-1)41-19-16-20-42(37-41)63(43-34-36-59-52(38-43)50-26-9-15-32-58(50)61(59)53-27-10-4-21-45(53)46-22-5-11-28-54(46)61)44-33-35-51-49-25-8-14-31-57(49)62(60(51)39-44)55-29-12-6-23-47(55)48-24-7-13-30-56(48)62/h1-39H. The Morgan fingerprint density at radius 2 is 0.556 bits per heavy atom. The number of benzene rings is 10. The molecule has 0 amide bonds. The monoisotopic (exact) mass is 797 g/mol. The van der Waals surface area contributed by atoms with Crippen LogP contribution in [0.5, 0.6) is 0 Å². The van der Waals surface area contributed by atoms with Crippen LogP contribution in [0.25, 0.3) is 55.6 Å². The largest absolute Gasteiger partial charge is 0.310 e. The van der Waals surface area contributed by atoms with Crippen LogP contribution in [-0.2, 0) is 10.8 Å². The molecule has 14 rings (SSSR count). The molecule has 10 aromatic carbocycles. The van der Waals surface area contributed by atoms with Crippen LogP contribution < -0.4 is 4.90 Å². The van der Waals surface area contributed by atoms with Crippen LogP contribution in [-0.4, -0.2) is 0 Å². The van der Waals surface area contributed by atoms with Gasteiger partial charge in [-0.1, -0.05) is 200 Å². The summed E-state index contributed by atoms with van der Waals surface area (Å²) in [6.07, 6.45) is 0. The van der Waals surface area contributed by atoms with Crippen LogP contribution in [0.1, 0.15) is 44.5 Å². The maximum Gasteiger partial charge on any atom is 0.0726 e. The highest BCUT2D eigenvalue weighted by Crippen LogP contribution is 2.65. The van der Waals surface area contributed by atoms with E-state index in [4.69, 9.17) is 0 Å². The predicted molar refractivity (Wildman–Crippen MR) is 259 cm³/mol. The SMILES string of the molecule is c1ccc(-c2cccc(N(c3ccc4c(c3)-c3ccccc3C43c4ccccc4-c4ccccc43)c3ccc4c(c3)C3(c5ccccc5-c5ccccc53)c3ccccc3-4)c2)cc1. The zero-order valence-electron chi connectivity index (χ0n) is 34.5. The first-order valence-corrected chi connectivity index (χ1v) is 22.1. The third-order valence-corrected chi connectivity index (χ3v) is 14.7. The first kappa shape index (κ1) is 34.7. The first-order valence-electron chi connectivity index (χ1n) is 22.1. The average Bonchev–Trinajstić information content (AvgIpc) is 4.03. The molecule has 0 aromatic heterocycles. The fourth-order valence-corrected chi connectivity index (χ4v) is 12.4. The van der Waals surface area contributed by atoms with Gasteiger partial charge in [0.25, 0.3) is 0 Å². The molecular formula is C62H39N. The van der Waals surface area contributed by atoms with Gasteiger partial charge in [-0.05, 0) is 137 Å². The lowest BCUT2D eigenvalue weighted by atomic mass is 9.70. The van der Waals surface area contributed by atoms with Gasteiger partial charge in [0.1, 0.15) is 0 Å². The summed E-state index contributed by atoms with van der Waals surface area (Å²) in [6, 6.07) is 88.9. The Hall–Kier alpha value is -8.00. The van der Waals surface area contributed by atoms with Gasteiger partial charge in [-0.15, -0.1) is 0 Å². The van der Waals surface area contributed by atoms with E-state index in [2.05, 4.69) is 241 Å². The number of nitrogens with zero attached hydrogens (tertiary/aromatic N) is 1. The lowest BCUT2D eigenvalue weighted by Crippen LogP contribution is -2.26. The third kappa shape index (κ3) is 4.41. The molecule has 4 aliphatic rings. The second-order valence-corrected chi connectivity index (χ2v) is 17.5. The molecule has 0 heterocycles. The van der Waals surface area contributed by atoms with Crippen molar-refractivity contribution in [2.75, 3.05) is 4.90 Å². The molecule has 0 fully saturated rings. The van der Waals surface area contributed by atoms with Gasteiger partial charge in [0.15, 0.2) is 0 Å². The molecule has 292 valence electrons. The van der Waals surface area contributed by atoms with E-state index < -0.39 is 10.8 Å². The fourth-order valence-electron chi connectivity index (χ4n) is 12.4. The second kappa shape index (κ2) is 12.8. The van der Waals surface area contributed by atoms with E-state index in [0.29, 0.717) is 0 Å². The highest BCUT2D eigenvalue weighted by Gasteiger charge is 2.53. The van der Waals surface area contributed by atoms with Gasteiger partial charge < -0.3 is 4.90 Å². The van der Waals surface area contributed by atoms with E-state index in [-0.39, 0.29) is 0 Å². The Labute approximate surface area is 367 Å². The molecule has 2 spiro atoms. The summed E-state index contributed by atoms with van der Waals surface area (Å²) in [5, 5.41) is 0. The van der Waals surface area contributed by atoms with Crippen LogP contribution in [0.15, 0.2) is 237 Å². The Balaban J connectivity index is 1.03. The minimum Gasteiger partial charge on any atom is -0.310 e. The predicted octanol–water partition coefficient (Wildman–Crippen LogP) is 15.5. The smallest absolute Gasteiger partial charge is 0.0726 e. The normalized spacial score (nSPS) is 14.3. The molecule has 0 saturated heterocycles. The summed E-state index contributed by atoms with van der Waals surface area (Å²) in [5.41, 5.74) is 26.1.